The van der Waals surface area contributed by atoms with Crippen molar-refractivity contribution >= 4 is 48.9 Å². The van der Waals surface area contributed by atoms with Crippen LogP contribution in [0, 0.1) is 20.8 Å². The molecule has 0 atom stereocenters. The van der Waals surface area contributed by atoms with Gasteiger partial charge in [-0.15, -0.1) is 22.7 Å². The Morgan fingerprint density at radius 2 is 1.71 bits per heavy atom. The molecule has 0 radical (unpaired) electrons. The van der Waals surface area contributed by atoms with Crippen LogP contribution in [0.3, 0.4) is 0 Å². The van der Waals surface area contributed by atoms with Crippen LogP contribution in [0.25, 0.3) is 20.4 Å². The van der Waals surface area contributed by atoms with E-state index in [2.05, 4.69) is 52.9 Å². The second-order valence-corrected chi connectivity index (χ2v) is 9.71. The highest BCUT2D eigenvalue weighted by atomic mass is 32.1. The van der Waals surface area contributed by atoms with Gasteiger partial charge in [-0.1, -0.05) is 12.1 Å². The summed E-state index contributed by atoms with van der Waals surface area (Å²) in [7, 11) is 0. The molecule has 1 saturated heterocycles. The quantitative estimate of drug-likeness (QED) is 0.497. The highest BCUT2D eigenvalue weighted by Gasteiger charge is 2.23. The van der Waals surface area contributed by atoms with E-state index < -0.39 is 0 Å². The summed E-state index contributed by atoms with van der Waals surface area (Å²) in [6.07, 6.45) is 0. The van der Waals surface area contributed by atoms with Gasteiger partial charge in [0.25, 0.3) is 0 Å². The number of hydrogen-bond acceptors (Lipinski definition) is 7. The number of nitrogens with zero attached hydrogens (tertiary/aromatic N) is 5. The lowest BCUT2D eigenvalue weighted by Gasteiger charge is -2.35. The van der Waals surface area contributed by atoms with E-state index in [1.165, 1.54) is 25.5 Å². The first-order chi connectivity index (χ1) is 13.6. The van der Waals surface area contributed by atoms with Gasteiger partial charge in [0.15, 0.2) is 0 Å². The molecule has 1 fully saturated rings. The van der Waals surface area contributed by atoms with Crippen molar-refractivity contribution in [2.75, 3.05) is 31.1 Å². The molecule has 3 aromatic heterocycles. The number of piperazine rings is 1. The van der Waals surface area contributed by atoms with Crippen LogP contribution in [0.15, 0.2) is 24.3 Å². The second-order valence-electron chi connectivity index (χ2n) is 7.40. The minimum Gasteiger partial charge on any atom is -0.353 e. The fraction of sp³-hybridized carbons (Fsp3) is 0.381. The molecule has 1 aliphatic rings. The molecule has 28 heavy (non-hydrogen) atoms. The molecule has 4 aromatic rings. The molecule has 7 heteroatoms. The number of aryl methyl sites for hydroxylation is 3. The smallest absolute Gasteiger partial charge is 0.141 e. The highest BCUT2D eigenvalue weighted by molar-refractivity contribution is 7.19. The molecule has 0 spiro atoms. The number of benzene rings is 1. The molecule has 0 bridgehead atoms. The summed E-state index contributed by atoms with van der Waals surface area (Å²) in [6.45, 7) is 11.3. The van der Waals surface area contributed by atoms with Gasteiger partial charge in [0.2, 0.25) is 0 Å². The van der Waals surface area contributed by atoms with Crippen LogP contribution in [-0.2, 0) is 6.54 Å². The van der Waals surface area contributed by atoms with E-state index >= 15 is 0 Å². The lowest BCUT2D eigenvalue weighted by Crippen LogP contribution is -2.46. The van der Waals surface area contributed by atoms with E-state index in [0.717, 1.165) is 54.7 Å². The average Bonchev–Trinajstić information content (AvgIpc) is 3.22. The summed E-state index contributed by atoms with van der Waals surface area (Å²) in [5.41, 5.74) is 2.44. The van der Waals surface area contributed by atoms with Gasteiger partial charge in [0.05, 0.1) is 22.1 Å². The highest BCUT2D eigenvalue weighted by Crippen LogP contribution is 2.35. The molecule has 4 heterocycles. The molecule has 5 rings (SSSR count). The molecule has 0 amide bonds. The maximum Gasteiger partial charge on any atom is 0.141 e. The fourth-order valence-electron chi connectivity index (χ4n) is 3.86. The van der Waals surface area contributed by atoms with Gasteiger partial charge >= 0.3 is 0 Å². The van der Waals surface area contributed by atoms with Crippen molar-refractivity contribution in [1.29, 1.82) is 0 Å². The first kappa shape index (κ1) is 18.0. The van der Waals surface area contributed by atoms with E-state index in [1.54, 1.807) is 11.3 Å². The van der Waals surface area contributed by atoms with Gasteiger partial charge in [0, 0.05) is 31.1 Å². The summed E-state index contributed by atoms with van der Waals surface area (Å²) in [5.74, 6) is 1.98. The summed E-state index contributed by atoms with van der Waals surface area (Å²) >= 11 is 3.59. The Kier molecular flexibility index (Phi) is 4.53. The zero-order chi connectivity index (χ0) is 19.3. The minimum absolute atomic E-state index is 0.862. The molecule has 0 saturated carbocycles. The summed E-state index contributed by atoms with van der Waals surface area (Å²) in [6, 6.07) is 8.40. The van der Waals surface area contributed by atoms with Gasteiger partial charge in [0.1, 0.15) is 21.5 Å². The van der Waals surface area contributed by atoms with Crippen LogP contribution in [0.1, 0.15) is 21.3 Å². The molecule has 0 N–H and O–H groups in total. The summed E-state index contributed by atoms with van der Waals surface area (Å²) in [4.78, 5) is 21.7. The van der Waals surface area contributed by atoms with Crippen molar-refractivity contribution in [1.82, 2.24) is 19.9 Å². The van der Waals surface area contributed by atoms with Gasteiger partial charge in [-0.05, 0) is 38.5 Å². The number of thiophene rings is 1. The minimum atomic E-state index is 0.862. The zero-order valence-electron chi connectivity index (χ0n) is 16.4. The largest absolute Gasteiger partial charge is 0.353 e. The normalized spacial score (nSPS) is 15.8. The van der Waals surface area contributed by atoms with Crippen molar-refractivity contribution in [3.05, 3.63) is 45.5 Å². The first-order valence-electron chi connectivity index (χ1n) is 9.64. The molecule has 5 nitrogen and oxygen atoms in total. The molecular formula is C21H23N5S2. The van der Waals surface area contributed by atoms with Crippen LogP contribution in [0.2, 0.25) is 0 Å². The van der Waals surface area contributed by atoms with Gasteiger partial charge < -0.3 is 4.90 Å². The van der Waals surface area contributed by atoms with Crippen LogP contribution >= 0.6 is 22.7 Å². The van der Waals surface area contributed by atoms with Crippen molar-refractivity contribution in [3.63, 3.8) is 0 Å². The number of thiazole rings is 1. The second kappa shape index (κ2) is 7.06. The van der Waals surface area contributed by atoms with Crippen molar-refractivity contribution < 1.29 is 0 Å². The van der Waals surface area contributed by atoms with Crippen LogP contribution in [0.4, 0.5) is 5.82 Å². The van der Waals surface area contributed by atoms with E-state index in [9.17, 15) is 0 Å². The van der Waals surface area contributed by atoms with Gasteiger partial charge in [-0.25, -0.2) is 15.0 Å². The predicted molar refractivity (Wildman–Crippen MR) is 119 cm³/mol. The fourth-order valence-corrected chi connectivity index (χ4v) is 5.94. The number of rotatable bonds is 3. The molecule has 0 aliphatic carbocycles. The Balaban J connectivity index is 1.34. The Bertz CT molecular complexity index is 1120. The number of anilines is 1. The standard InChI is InChI=1S/C21H23N5S2/c1-13-14(2)27-21-19(13)20(22-15(3)23-21)26-10-8-25(9-11-26)12-18-24-16-6-4-5-7-17(16)28-18/h4-7H,8-12H2,1-3H3. The summed E-state index contributed by atoms with van der Waals surface area (Å²) < 4.78 is 1.28. The Hall–Kier alpha value is -2.09. The van der Waals surface area contributed by atoms with E-state index in [0.29, 0.717) is 0 Å². The number of para-hydroxylation sites is 1. The SMILES string of the molecule is Cc1nc(N2CCN(Cc3nc4ccccc4s3)CC2)c2c(C)c(C)sc2n1. The molecular weight excluding hydrogens is 386 g/mol. The monoisotopic (exact) mass is 409 g/mol. The molecule has 1 aromatic carbocycles. The van der Waals surface area contributed by atoms with E-state index in [4.69, 9.17) is 9.97 Å². The van der Waals surface area contributed by atoms with Gasteiger partial charge in [-0.3, -0.25) is 4.90 Å². The maximum atomic E-state index is 4.83. The van der Waals surface area contributed by atoms with Crippen molar-refractivity contribution in [2.24, 2.45) is 0 Å². The average molecular weight is 410 g/mol. The third-order valence-corrected chi connectivity index (χ3v) is 7.61. The zero-order valence-corrected chi connectivity index (χ0v) is 18.0. The van der Waals surface area contributed by atoms with E-state index in [1.807, 2.05) is 18.3 Å². The predicted octanol–water partition coefficient (Wildman–Crippen LogP) is 4.55. The third kappa shape index (κ3) is 3.17. The van der Waals surface area contributed by atoms with Crippen molar-refractivity contribution in [3.8, 4) is 0 Å². The Morgan fingerprint density at radius 3 is 2.50 bits per heavy atom. The van der Waals surface area contributed by atoms with Crippen LogP contribution in [-0.4, -0.2) is 46.0 Å². The molecule has 144 valence electrons. The van der Waals surface area contributed by atoms with E-state index in [-0.39, 0.29) is 0 Å². The maximum absolute atomic E-state index is 4.83. The number of hydrogen-bond donors (Lipinski definition) is 0. The van der Waals surface area contributed by atoms with Crippen molar-refractivity contribution in [2.45, 2.75) is 27.3 Å². The summed E-state index contributed by atoms with van der Waals surface area (Å²) in [5, 5.41) is 2.45. The Morgan fingerprint density at radius 1 is 0.929 bits per heavy atom. The lowest BCUT2D eigenvalue weighted by molar-refractivity contribution is 0.249. The number of aromatic nitrogens is 3. The van der Waals surface area contributed by atoms with Gasteiger partial charge in [-0.2, -0.15) is 0 Å². The van der Waals surface area contributed by atoms with Crippen LogP contribution < -0.4 is 4.90 Å². The first-order valence-corrected chi connectivity index (χ1v) is 11.3. The lowest BCUT2D eigenvalue weighted by atomic mass is 10.2. The topological polar surface area (TPSA) is 45.2 Å². The molecule has 0 unspecified atom stereocenters. The number of fused-ring (bicyclic) bond motifs is 2. The molecule has 1 aliphatic heterocycles. The third-order valence-electron chi connectivity index (χ3n) is 5.49. The van der Waals surface area contributed by atoms with Crippen LogP contribution in [0.5, 0.6) is 0 Å². The Labute approximate surface area is 172 Å².